The van der Waals surface area contributed by atoms with E-state index in [9.17, 15) is 0 Å². The summed E-state index contributed by atoms with van der Waals surface area (Å²) < 4.78 is 0. The van der Waals surface area contributed by atoms with Gasteiger partial charge in [-0.3, -0.25) is 9.80 Å². The standard InChI is InChI=1S/C15H31N3/c1-3-14(16-4-2)13-17-9-11-18(12-10-17)15-7-5-6-8-15/h14-16H,3-13H2,1-2H3. The molecule has 0 aromatic rings. The zero-order chi connectivity index (χ0) is 12.8. The fraction of sp³-hybridized carbons (Fsp3) is 1.00. The lowest BCUT2D eigenvalue weighted by Gasteiger charge is -2.39. The SMILES string of the molecule is CCNC(CC)CN1CCN(C2CCCC2)CC1. The van der Waals surface area contributed by atoms with Crippen LogP contribution in [-0.2, 0) is 0 Å². The number of nitrogens with zero attached hydrogens (tertiary/aromatic N) is 2. The number of hydrogen-bond acceptors (Lipinski definition) is 3. The number of hydrogen-bond donors (Lipinski definition) is 1. The van der Waals surface area contributed by atoms with Gasteiger partial charge < -0.3 is 5.32 Å². The summed E-state index contributed by atoms with van der Waals surface area (Å²) in [6.07, 6.45) is 7.08. The van der Waals surface area contributed by atoms with Crippen molar-refractivity contribution in [2.75, 3.05) is 39.3 Å². The fourth-order valence-corrected chi connectivity index (χ4v) is 3.52. The molecule has 2 rings (SSSR count). The van der Waals surface area contributed by atoms with E-state index < -0.39 is 0 Å². The van der Waals surface area contributed by atoms with Gasteiger partial charge in [-0.25, -0.2) is 0 Å². The van der Waals surface area contributed by atoms with Crippen LogP contribution in [0, 0.1) is 0 Å². The molecule has 106 valence electrons. The maximum atomic E-state index is 3.59. The zero-order valence-corrected chi connectivity index (χ0v) is 12.3. The van der Waals surface area contributed by atoms with Gasteiger partial charge in [0.2, 0.25) is 0 Å². The summed E-state index contributed by atoms with van der Waals surface area (Å²) in [5.74, 6) is 0. The molecule has 0 spiro atoms. The largest absolute Gasteiger partial charge is 0.313 e. The number of nitrogens with one attached hydrogen (secondary N) is 1. The van der Waals surface area contributed by atoms with Crippen LogP contribution < -0.4 is 5.32 Å². The predicted octanol–water partition coefficient (Wildman–Crippen LogP) is 1.93. The molecule has 1 saturated carbocycles. The highest BCUT2D eigenvalue weighted by Crippen LogP contribution is 2.24. The Morgan fingerprint density at radius 2 is 1.72 bits per heavy atom. The van der Waals surface area contributed by atoms with Crippen molar-refractivity contribution < 1.29 is 0 Å². The highest BCUT2D eigenvalue weighted by molar-refractivity contribution is 4.83. The molecule has 18 heavy (non-hydrogen) atoms. The summed E-state index contributed by atoms with van der Waals surface area (Å²) in [7, 11) is 0. The van der Waals surface area contributed by atoms with Gasteiger partial charge in [-0.2, -0.15) is 0 Å². The highest BCUT2D eigenvalue weighted by atomic mass is 15.3. The molecule has 1 saturated heterocycles. The summed E-state index contributed by atoms with van der Waals surface area (Å²) in [5, 5.41) is 3.59. The van der Waals surface area contributed by atoms with Crippen LogP contribution in [0.25, 0.3) is 0 Å². The highest BCUT2D eigenvalue weighted by Gasteiger charge is 2.26. The Morgan fingerprint density at radius 1 is 1.06 bits per heavy atom. The van der Waals surface area contributed by atoms with Crippen molar-refractivity contribution >= 4 is 0 Å². The summed E-state index contributed by atoms with van der Waals surface area (Å²) >= 11 is 0. The molecule has 0 aromatic heterocycles. The van der Waals surface area contributed by atoms with Crippen molar-refractivity contribution in [3.05, 3.63) is 0 Å². The minimum absolute atomic E-state index is 0.688. The van der Waals surface area contributed by atoms with Crippen molar-refractivity contribution in [1.29, 1.82) is 0 Å². The van der Waals surface area contributed by atoms with Crippen LogP contribution in [-0.4, -0.2) is 61.2 Å². The molecule has 1 aliphatic carbocycles. The van der Waals surface area contributed by atoms with Crippen molar-refractivity contribution in [3.63, 3.8) is 0 Å². The first-order chi connectivity index (χ1) is 8.83. The van der Waals surface area contributed by atoms with Gasteiger partial charge in [0.1, 0.15) is 0 Å². The quantitative estimate of drug-likeness (QED) is 0.780. The summed E-state index contributed by atoms with van der Waals surface area (Å²) in [6.45, 7) is 12.0. The van der Waals surface area contributed by atoms with E-state index >= 15 is 0 Å². The van der Waals surface area contributed by atoms with E-state index in [1.807, 2.05) is 0 Å². The molecule has 3 nitrogen and oxygen atoms in total. The summed E-state index contributed by atoms with van der Waals surface area (Å²) in [4.78, 5) is 5.40. The fourth-order valence-electron chi connectivity index (χ4n) is 3.52. The second-order valence-electron chi connectivity index (χ2n) is 5.94. The second-order valence-corrected chi connectivity index (χ2v) is 5.94. The molecule has 1 heterocycles. The minimum atomic E-state index is 0.688. The first kappa shape index (κ1) is 14.3. The van der Waals surface area contributed by atoms with Crippen molar-refractivity contribution in [2.24, 2.45) is 0 Å². The molecule has 1 N–H and O–H groups in total. The molecule has 3 heteroatoms. The molecular weight excluding hydrogens is 222 g/mol. The summed E-state index contributed by atoms with van der Waals surface area (Å²) in [5.41, 5.74) is 0. The molecular formula is C15H31N3. The normalized spacial score (nSPS) is 25.7. The maximum absolute atomic E-state index is 3.59. The molecule has 0 radical (unpaired) electrons. The summed E-state index contributed by atoms with van der Waals surface area (Å²) in [6, 6.07) is 1.61. The first-order valence-corrected chi connectivity index (χ1v) is 8.03. The van der Waals surface area contributed by atoms with Gasteiger partial charge >= 0.3 is 0 Å². The van der Waals surface area contributed by atoms with E-state index in [0.717, 1.165) is 12.6 Å². The minimum Gasteiger partial charge on any atom is -0.313 e. The van der Waals surface area contributed by atoms with Crippen LogP contribution in [0.3, 0.4) is 0 Å². The number of rotatable bonds is 6. The van der Waals surface area contributed by atoms with Gasteiger partial charge in [0.25, 0.3) is 0 Å². The van der Waals surface area contributed by atoms with Crippen molar-refractivity contribution in [1.82, 2.24) is 15.1 Å². The Bertz CT molecular complexity index is 218. The van der Waals surface area contributed by atoms with E-state index in [4.69, 9.17) is 0 Å². The first-order valence-electron chi connectivity index (χ1n) is 8.03. The topological polar surface area (TPSA) is 18.5 Å². The van der Waals surface area contributed by atoms with Gasteiger partial charge in [-0.1, -0.05) is 26.7 Å². The van der Waals surface area contributed by atoms with Gasteiger partial charge in [0.15, 0.2) is 0 Å². The lowest BCUT2D eigenvalue weighted by Crippen LogP contribution is -2.52. The zero-order valence-electron chi connectivity index (χ0n) is 12.3. The average Bonchev–Trinajstić information content (AvgIpc) is 2.93. The average molecular weight is 253 g/mol. The van der Waals surface area contributed by atoms with E-state index in [0.29, 0.717) is 6.04 Å². The molecule has 0 bridgehead atoms. The number of likely N-dealkylation sites (N-methyl/N-ethyl adjacent to an activating group) is 1. The van der Waals surface area contributed by atoms with Gasteiger partial charge in [0, 0.05) is 44.8 Å². The third-order valence-corrected chi connectivity index (χ3v) is 4.71. The van der Waals surface area contributed by atoms with Crippen LogP contribution in [0.2, 0.25) is 0 Å². The Kier molecular flexibility index (Phi) is 5.93. The predicted molar refractivity (Wildman–Crippen MR) is 78.0 cm³/mol. The van der Waals surface area contributed by atoms with Crippen molar-refractivity contribution in [3.8, 4) is 0 Å². The maximum Gasteiger partial charge on any atom is 0.0192 e. The third-order valence-electron chi connectivity index (χ3n) is 4.71. The van der Waals surface area contributed by atoms with E-state index in [1.165, 1.54) is 64.8 Å². The Balaban J connectivity index is 1.69. The molecule has 1 unspecified atom stereocenters. The van der Waals surface area contributed by atoms with Crippen LogP contribution in [0.1, 0.15) is 46.0 Å². The molecule has 1 atom stereocenters. The monoisotopic (exact) mass is 253 g/mol. The Morgan fingerprint density at radius 3 is 2.28 bits per heavy atom. The molecule has 2 fully saturated rings. The van der Waals surface area contributed by atoms with Crippen LogP contribution in [0.4, 0.5) is 0 Å². The molecule has 0 aromatic carbocycles. The van der Waals surface area contributed by atoms with Gasteiger partial charge in [0.05, 0.1) is 0 Å². The van der Waals surface area contributed by atoms with Crippen molar-refractivity contribution in [2.45, 2.75) is 58.0 Å². The van der Waals surface area contributed by atoms with E-state index in [2.05, 4.69) is 29.0 Å². The third kappa shape index (κ3) is 3.94. The van der Waals surface area contributed by atoms with Gasteiger partial charge in [-0.15, -0.1) is 0 Å². The van der Waals surface area contributed by atoms with Gasteiger partial charge in [-0.05, 0) is 25.8 Å². The van der Waals surface area contributed by atoms with E-state index in [-0.39, 0.29) is 0 Å². The Labute approximate surface area is 113 Å². The van der Waals surface area contributed by atoms with Crippen LogP contribution in [0.15, 0.2) is 0 Å². The molecule has 0 amide bonds. The molecule has 2 aliphatic rings. The molecule has 1 aliphatic heterocycles. The smallest absolute Gasteiger partial charge is 0.0192 e. The second kappa shape index (κ2) is 7.46. The van der Waals surface area contributed by atoms with Crippen LogP contribution in [0.5, 0.6) is 0 Å². The number of piperazine rings is 1. The Hall–Kier alpha value is -0.120. The lowest BCUT2D eigenvalue weighted by atomic mass is 10.1. The van der Waals surface area contributed by atoms with E-state index in [1.54, 1.807) is 0 Å². The van der Waals surface area contributed by atoms with Crippen LogP contribution >= 0.6 is 0 Å². The lowest BCUT2D eigenvalue weighted by molar-refractivity contribution is 0.0912.